The first-order chi connectivity index (χ1) is 20.6. The third-order valence-corrected chi connectivity index (χ3v) is 7.58. The van der Waals surface area contributed by atoms with Gasteiger partial charge in [0, 0.05) is 31.9 Å². The fourth-order valence-corrected chi connectivity index (χ4v) is 5.10. The van der Waals surface area contributed by atoms with Gasteiger partial charge >= 0.3 is 12.4 Å². The predicted molar refractivity (Wildman–Crippen MR) is 147 cm³/mol. The van der Waals surface area contributed by atoms with Gasteiger partial charge in [-0.1, -0.05) is 20.3 Å². The molecule has 0 aromatic carbocycles. The average Bonchev–Trinajstić information content (AvgIpc) is 2.95. The summed E-state index contributed by atoms with van der Waals surface area (Å²) in [6, 6.07) is -0.552. The van der Waals surface area contributed by atoms with Crippen LogP contribution in [0.2, 0.25) is 0 Å². The molecule has 11 nitrogen and oxygen atoms in total. The lowest BCUT2D eigenvalue weighted by Crippen LogP contribution is -2.64. The smallest absolute Gasteiger partial charge is 0.379 e. The number of hydrogen-bond donors (Lipinski definition) is 2. The Morgan fingerprint density at radius 1 is 1.14 bits per heavy atom. The van der Waals surface area contributed by atoms with E-state index in [1.54, 1.807) is 10.00 Å². The first-order valence-corrected chi connectivity index (χ1v) is 14.0. The Hall–Kier alpha value is -3.89. The maximum Gasteiger partial charge on any atom is 0.423 e. The largest absolute Gasteiger partial charge is 0.423 e. The second-order valence-corrected chi connectivity index (χ2v) is 10.9. The highest BCUT2D eigenvalue weighted by Gasteiger charge is 2.45. The molecule has 2 aliphatic rings. The third kappa shape index (κ3) is 7.25. The molecule has 3 atom stereocenters. The number of hydrogen-bond acceptors (Lipinski definition) is 8. The van der Waals surface area contributed by atoms with Crippen molar-refractivity contribution in [2.24, 2.45) is 5.92 Å². The highest BCUT2D eigenvalue weighted by atomic mass is 19.4. The van der Waals surface area contributed by atoms with Gasteiger partial charge in [-0.15, -0.1) is 0 Å². The molecule has 4 heterocycles. The highest BCUT2D eigenvalue weighted by molar-refractivity contribution is 6.05. The number of aromatic amines is 1. The minimum absolute atomic E-state index is 0.00198. The summed E-state index contributed by atoms with van der Waals surface area (Å²) in [4.78, 5) is 46.8. The number of nitrogens with one attached hydrogen (secondary N) is 2. The van der Waals surface area contributed by atoms with Crippen molar-refractivity contribution in [1.82, 2.24) is 20.1 Å². The molecule has 2 aromatic heterocycles. The molecular weight excluding hydrogens is 600 g/mol. The number of piperazine rings is 1. The maximum atomic E-state index is 13.6. The van der Waals surface area contributed by atoms with Crippen LogP contribution >= 0.6 is 0 Å². The number of carbonyl (C=O) groups is 2. The quantitative estimate of drug-likeness (QED) is 0.301. The van der Waals surface area contributed by atoms with Gasteiger partial charge in [0.05, 0.1) is 49.3 Å². The van der Waals surface area contributed by atoms with Crippen molar-refractivity contribution in [2.45, 2.75) is 58.0 Å². The fraction of sp³-hybridized carbons (Fsp3) is 0.593. The molecular formula is C27H33F6N7O4. The van der Waals surface area contributed by atoms with Gasteiger partial charge < -0.3 is 24.8 Å². The Labute approximate surface area is 248 Å². The van der Waals surface area contributed by atoms with Crippen molar-refractivity contribution in [1.29, 1.82) is 0 Å². The van der Waals surface area contributed by atoms with Crippen LogP contribution in [0.15, 0.2) is 23.3 Å². The Bertz CT molecular complexity index is 1420. The van der Waals surface area contributed by atoms with Gasteiger partial charge in [-0.2, -0.15) is 31.4 Å². The lowest BCUT2D eigenvalue weighted by molar-refractivity contribution is -0.138. The van der Waals surface area contributed by atoms with E-state index < -0.39 is 52.7 Å². The monoisotopic (exact) mass is 633 g/mol. The number of nitrogens with zero attached hydrogens (tertiary/aromatic N) is 5. The molecule has 4 rings (SSSR count). The van der Waals surface area contributed by atoms with E-state index in [4.69, 9.17) is 4.74 Å². The van der Waals surface area contributed by atoms with Gasteiger partial charge in [0.25, 0.3) is 11.5 Å². The number of aromatic nitrogens is 3. The van der Waals surface area contributed by atoms with Crippen LogP contribution in [0.1, 0.15) is 44.7 Å². The summed E-state index contributed by atoms with van der Waals surface area (Å²) in [6.07, 6.45) is -7.31. The van der Waals surface area contributed by atoms with Crippen LogP contribution in [0.4, 0.5) is 43.5 Å². The Morgan fingerprint density at radius 3 is 2.52 bits per heavy atom. The zero-order chi connectivity index (χ0) is 32.4. The number of pyridine rings is 1. The van der Waals surface area contributed by atoms with Crippen LogP contribution in [0.3, 0.4) is 0 Å². The molecule has 0 radical (unpaired) electrons. The molecule has 1 saturated heterocycles. The number of anilines is 3. The molecule has 1 unspecified atom stereocenters. The van der Waals surface area contributed by atoms with Crippen molar-refractivity contribution in [2.75, 3.05) is 54.5 Å². The summed E-state index contributed by atoms with van der Waals surface area (Å²) in [5.74, 6) is -0.481. The molecule has 0 saturated carbocycles. The molecule has 0 spiro atoms. The molecule has 1 fully saturated rings. The molecule has 44 heavy (non-hydrogen) atoms. The average molecular weight is 634 g/mol. The number of alkyl halides is 6. The van der Waals surface area contributed by atoms with Crippen molar-refractivity contribution in [3.05, 3.63) is 39.9 Å². The van der Waals surface area contributed by atoms with E-state index in [1.165, 1.54) is 16.7 Å². The van der Waals surface area contributed by atoms with Gasteiger partial charge in [0.15, 0.2) is 5.82 Å². The number of carbonyl (C=O) groups excluding carboxylic acids is 2. The Morgan fingerprint density at radius 2 is 1.86 bits per heavy atom. The van der Waals surface area contributed by atoms with Crippen molar-refractivity contribution >= 4 is 29.0 Å². The molecule has 242 valence electrons. The zero-order valence-electron chi connectivity index (χ0n) is 24.3. The Balaban J connectivity index is 1.37. The molecule has 2 aliphatic heterocycles. The van der Waals surface area contributed by atoms with Crippen molar-refractivity contribution in [3.63, 3.8) is 0 Å². The van der Waals surface area contributed by atoms with Crippen LogP contribution in [0.5, 0.6) is 0 Å². The second-order valence-electron chi connectivity index (χ2n) is 10.9. The minimum atomic E-state index is -4.90. The van der Waals surface area contributed by atoms with E-state index in [0.717, 1.165) is 18.5 Å². The Kier molecular flexibility index (Phi) is 9.75. The number of fused-ring (bicyclic) bond motifs is 3. The first kappa shape index (κ1) is 33.0. The van der Waals surface area contributed by atoms with Crippen LogP contribution in [0.25, 0.3) is 0 Å². The highest BCUT2D eigenvalue weighted by Crippen LogP contribution is 2.40. The topological polar surface area (TPSA) is 124 Å². The molecule has 2 N–H and O–H groups in total. The van der Waals surface area contributed by atoms with Gasteiger partial charge in [-0.3, -0.25) is 14.4 Å². The van der Waals surface area contributed by atoms with Gasteiger partial charge in [0.2, 0.25) is 5.91 Å². The SMILES string of the molecule is CCC(C)CN1C(=O)[C@@H]2CN(C(=O)CCOC[C@H](C)Nc3cn[nH]c(=O)c3C(F)(F)F)CCN2c2ncc(C(F)(F)F)cc21. The fourth-order valence-electron chi connectivity index (χ4n) is 5.10. The second kappa shape index (κ2) is 13.0. The molecule has 2 aromatic rings. The number of amides is 2. The van der Waals surface area contributed by atoms with Crippen LogP contribution in [-0.4, -0.2) is 83.4 Å². The normalized spacial score (nSPS) is 18.5. The van der Waals surface area contributed by atoms with Gasteiger partial charge in [0.1, 0.15) is 11.6 Å². The van der Waals surface area contributed by atoms with E-state index in [0.29, 0.717) is 6.42 Å². The molecule has 17 heteroatoms. The number of halogens is 6. The van der Waals surface area contributed by atoms with Crippen molar-refractivity contribution < 1.29 is 40.7 Å². The summed E-state index contributed by atoms with van der Waals surface area (Å²) < 4.78 is 85.6. The summed E-state index contributed by atoms with van der Waals surface area (Å²) in [5, 5.41) is 7.70. The van der Waals surface area contributed by atoms with E-state index in [-0.39, 0.29) is 69.1 Å². The van der Waals surface area contributed by atoms with Gasteiger partial charge in [-0.25, -0.2) is 10.1 Å². The molecule has 2 amide bonds. The standard InChI is InChI=1S/C27H33F6N7O4/c1-4-15(2)12-40-19-9-17(26(28,29)30)10-34-23(19)39-7-6-38(13-20(39)25(40)43)21(41)5-8-44-14-16(3)36-18-11-35-37-24(42)22(18)27(31,32)33/h9-11,15-16,20H,4-8,12-14H2,1-3H3,(H2,36,37,42)/t15?,16-,20-/m0/s1. The maximum absolute atomic E-state index is 13.6. The molecule has 0 bridgehead atoms. The summed E-state index contributed by atoms with van der Waals surface area (Å²) >= 11 is 0. The zero-order valence-corrected chi connectivity index (χ0v) is 24.3. The third-order valence-electron chi connectivity index (χ3n) is 7.58. The van der Waals surface area contributed by atoms with Crippen LogP contribution < -0.4 is 20.7 Å². The number of H-pyrrole nitrogens is 1. The van der Waals surface area contributed by atoms with Crippen LogP contribution in [-0.2, 0) is 26.7 Å². The molecule has 0 aliphatic carbocycles. The first-order valence-electron chi connectivity index (χ1n) is 14.0. The van der Waals surface area contributed by atoms with E-state index in [9.17, 15) is 40.7 Å². The summed E-state index contributed by atoms with van der Waals surface area (Å²) in [5.41, 5.74) is -4.16. The van der Waals surface area contributed by atoms with Crippen molar-refractivity contribution in [3.8, 4) is 0 Å². The van der Waals surface area contributed by atoms with E-state index in [2.05, 4.69) is 15.4 Å². The lowest BCUT2D eigenvalue weighted by atomic mass is 10.0. The predicted octanol–water partition coefficient (Wildman–Crippen LogP) is 3.52. The number of ether oxygens (including phenoxy) is 1. The number of rotatable bonds is 10. The minimum Gasteiger partial charge on any atom is -0.379 e. The van der Waals surface area contributed by atoms with E-state index in [1.807, 2.05) is 13.8 Å². The lowest BCUT2D eigenvalue weighted by Gasteiger charge is -2.47. The summed E-state index contributed by atoms with van der Waals surface area (Å²) in [7, 11) is 0. The van der Waals surface area contributed by atoms with Gasteiger partial charge in [-0.05, 0) is 18.9 Å². The summed E-state index contributed by atoms with van der Waals surface area (Å²) in [6.45, 7) is 5.77. The van der Waals surface area contributed by atoms with Crippen LogP contribution in [0, 0.1) is 5.92 Å². The van der Waals surface area contributed by atoms with E-state index >= 15 is 0 Å².